The summed E-state index contributed by atoms with van der Waals surface area (Å²) in [4.78, 5) is 6.30. The highest BCUT2D eigenvalue weighted by molar-refractivity contribution is 5.62. The van der Waals surface area contributed by atoms with E-state index in [1.54, 1.807) is 0 Å². The van der Waals surface area contributed by atoms with Crippen LogP contribution < -0.4 is 5.11 Å². The lowest BCUT2D eigenvalue weighted by Gasteiger charge is -2.30. The van der Waals surface area contributed by atoms with Crippen molar-refractivity contribution >= 4 is 6.08 Å². The second-order valence-electron chi connectivity index (χ2n) is 5.90. The van der Waals surface area contributed by atoms with E-state index in [1.165, 1.54) is 12.8 Å². The average molecular weight is 241 g/mol. The van der Waals surface area contributed by atoms with Crippen molar-refractivity contribution in [2.75, 3.05) is 26.7 Å². The van der Waals surface area contributed by atoms with Gasteiger partial charge in [0.1, 0.15) is 6.08 Å². The highest BCUT2D eigenvalue weighted by atomic mass is 16.6. The van der Waals surface area contributed by atoms with Crippen LogP contribution in [0.3, 0.4) is 0 Å². The van der Waals surface area contributed by atoms with Gasteiger partial charge in [-0.3, -0.25) is 4.99 Å². The summed E-state index contributed by atoms with van der Waals surface area (Å²) in [7, 11) is 2.15. The minimum atomic E-state index is -0.436. The van der Waals surface area contributed by atoms with Gasteiger partial charge in [0.05, 0.1) is 0 Å². The van der Waals surface area contributed by atoms with Crippen LogP contribution in [-0.2, 0) is 4.74 Å². The summed E-state index contributed by atoms with van der Waals surface area (Å²) in [5.41, 5.74) is -0.436. The molecular weight excluding hydrogens is 216 g/mol. The molecule has 0 aromatic carbocycles. The molecule has 0 aromatic heterocycles. The van der Waals surface area contributed by atoms with Crippen LogP contribution in [0.5, 0.6) is 0 Å². The predicted octanol–water partition coefficient (Wildman–Crippen LogP) is 1.25. The Labute approximate surface area is 105 Å². The van der Waals surface area contributed by atoms with Gasteiger partial charge in [-0.05, 0) is 45.3 Å². The molecule has 1 fully saturated rings. The van der Waals surface area contributed by atoms with Gasteiger partial charge in [0.15, 0.2) is 0 Å². The molecule has 0 saturated carbocycles. The van der Waals surface area contributed by atoms with E-state index in [4.69, 9.17) is 4.74 Å². The lowest BCUT2D eigenvalue weighted by Crippen LogP contribution is -2.32. The van der Waals surface area contributed by atoms with E-state index in [0.29, 0.717) is 6.54 Å². The summed E-state index contributed by atoms with van der Waals surface area (Å²) in [6, 6.07) is 0. The van der Waals surface area contributed by atoms with E-state index < -0.39 is 11.7 Å². The summed E-state index contributed by atoms with van der Waals surface area (Å²) in [5.74, 6) is 0.720. The second kappa shape index (κ2) is 6.24. The van der Waals surface area contributed by atoms with E-state index in [-0.39, 0.29) is 0 Å². The molecule has 0 aliphatic carbocycles. The molecule has 0 unspecified atom stereocenters. The summed E-state index contributed by atoms with van der Waals surface area (Å²) < 4.78 is 5.13. The Bertz CT molecular complexity index is 251. The maximum Gasteiger partial charge on any atom is 0.145 e. The molecule has 100 valence electrons. The fraction of sp³-hybridized carbons (Fsp3) is 0.923. The van der Waals surface area contributed by atoms with Gasteiger partial charge >= 0.3 is 0 Å². The molecule has 0 radical (unpaired) electrons. The van der Waals surface area contributed by atoms with E-state index >= 15 is 0 Å². The van der Waals surface area contributed by atoms with Crippen LogP contribution in [0.2, 0.25) is 0 Å². The van der Waals surface area contributed by atoms with Crippen LogP contribution in [0, 0.1) is 5.92 Å². The van der Waals surface area contributed by atoms with Gasteiger partial charge in [-0.2, -0.15) is 0 Å². The zero-order valence-corrected chi connectivity index (χ0v) is 11.5. The number of rotatable bonds is 3. The van der Waals surface area contributed by atoms with Crippen molar-refractivity contribution in [3.8, 4) is 0 Å². The number of nitrogens with zero attached hydrogens (tertiary/aromatic N) is 2. The van der Waals surface area contributed by atoms with Gasteiger partial charge in [0, 0.05) is 12.1 Å². The molecule has 0 aromatic rings. The molecule has 1 rings (SSSR count). The first kappa shape index (κ1) is 14.3. The third-order valence-corrected chi connectivity index (χ3v) is 3.01. The lowest BCUT2D eigenvalue weighted by atomic mass is 9.94. The van der Waals surface area contributed by atoms with Gasteiger partial charge in [-0.1, -0.05) is 20.8 Å². The monoisotopic (exact) mass is 241 g/mol. The van der Waals surface area contributed by atoms with Gasteiger partial charge in [-0.15, -0.1) is 0 Å². The quantitative estimate of drug-likeness (QED) is 0.552. The minimum Gasteiger partial charge on any atom is -0.595 e. The van der Waals surface area contributed by atoms with Crippen molar-refractivity contribution in [1.82, 2.24) is 4.90 Å². The normalized spacial score (nSPS) is 20.6. The molecule has 1 heterocycles. The fourth-order valence-corrected chi connectivity index (χ4v) is 1.98. The number of hydrogen-bond acceptors (Lipinski definition) is 4. The molecule has 1 saturated heterocycles. The first-order valence-electron chi connectivity index (χ1n) is 6.46. The van der Waals surface area contributed by atoms with Crippen molar-refractivity contribution in [2.24, 2.45) is 10.9 Å². The fourth-order valence-electron chi connectivity index (χ4n) is 1.98. The van der Waals surface area contributed by atoms with E-state index in [0.717, 1.165) is 25.4 Å². The average Bonchev–Trinajstić information content (AvgIpc) is 2.18. The standard InChI is InChI=1S/C13H26N2O2/c1-13(2,3)17-12(16)14-8-5-11-6-9-15(4)10-7-11/h11H,5-10H2,1-4H3,(H,14,16)/p-1. The molecule has 0 amide bonds. The molecular formula is C13H25N2O2-. The molecule has 0 atom stereocenters. The minimum absolute atomic E-state index is 0.426. The molecule has 1 aliphatic rings. The van der Waals surface area contributed by atoms with E-state index in [1.807, 2.05) is 20.8 Å². The largest absolute Gasteiger partial charge is 0.595 e. The third-order valence-electron chi connectivity index (χ3n) is 3.01. The van der Waals surface area contributed by atoms with Crippen LogP contribution in [0.15, 0.2) is 4.99 Å². The van der Waals surface area contributed by atoms with Crippen molar-refractivity contribution in [3.63, 3.8) is 0 Å². The highest BCUT2D eigenvalue weighted by Gasteiger charge is 2.15. The van der Waals surface area contributed by atoms with Crippen molar-refractivity contribution in [3.05, 3.63) is 0 Å². The van der Waals surface area contributed by atoms with E-state index in [2.05, 4.69) is 16.9 Å². The van der Waals surface area contributed by atoms with Crippen LogP contribution in [0.4, 0.5) is 0 Å². The first-order valence-corrected chi connectivity index (χ1v) is 6.46. The smallest absolute Gasteiger partial charge is 0.145 e. The van der Waals surface area contributed by atoms with Gasteiger partial charge < -0.3 is 14.7 Å². The summed E-state index contributed by atoms with van der Waals surface area (Å²) in [5, 5.41) is 11.4. The molecule has 0 bridgehead atoms. The number of piperidine rings is 1. The number of likely N-dealkylation sites (tertiary alicyclic amines) is 1. The van der Waals surface area contributed by atoms with Crippen molar-refractivity contribution < 1.29 is 9.84 Å². The Kier molecular flexibility index (Phi) is 5.25. The number of aliphatic imine (C=N–C) groups is 1. The molecule has 4 nitrogen and oxygen atoms in total. The topological polar surface area (TPSA) is 47.9 Å². The van der Waals surface area contributed by atoms with Crippen molar-refractivity contribution in [1.29, 1.82) is 0 Å². The van der Waals surface area contributed by atoms with Gasteiger partial charge in [-0.25, -0.2) is 0 Å². The molecule has 0 spiro atoms. The molecule has 4 heteroatoms. The predicted molar refractivity (Wildman–Crippen MR) is 68.0 cm³/mol. The molecule has 1 aliphatic heterocycles. The second-order valence-corrected chi connectivity index (χ2v) is 5.90. The summed E-state index contributed by atoms with van der Waals surface area (Å²) in [6.45, 7) is 8.50. The third kappa shape index (κ3) is 6.51. The van der Waals surface area contributed by atoms with E-state index in [9.17, 15) is 5.11 Å². The van der Waals surface area contributed by atoms with Crippen LogP contribution in [0.1, 0.15) is 40.0 Å². The number of ether oxygens (including phenoxy) is 1. The van der Waals surface area contributed by atoms with Gasteiger partial charge in [0.2, 0.25) is 0 Å². The first-order chi connectivity index (χ1) is 7.87. The summed E-state index contributed by atoms with van der Waals surface area (Å²) >= 11 is 0. The Morgan fingerprint density at radius 3 is 2.47 bits per heavy atom. The zero-order valence-electron chi connectivity index (χ0n) is 11.5. The molecule has 0 N–H and O–H groups in total. The van der Waals surface area contributed by atoms with Crippen LogP contribution >= 0.6 is 0 Å². The van der Waals surface area contributed by atoms with Crippen LogP contribution in [0.25, 0.3) is 0 Å². The number of hydrogen-bond donors (Lipinski definition) is 0. The zero-order chi connectivity index (χ0) is 12.9. The maximum atomic E-state index is 11.4. The van der Waals surface area contributed by atoms with Gasteiger partial charge in [0.25, 0.3) is 0 Å². The lowest BCUT2D eigenvalue weighted by molar-refractivity contribution is -0.260. The van der Waals surface area contributed by atoms with Crippen LogP contribution in [-0.4, -0.2) is 43.3 Å². The Hall–Kier alpha value is -0.770. The molecule has 17 heavy (non-hydrogen) atoms. The maximum absolute atomic E-state index is 11.4. The highest BCUT2D eigenvalue weighted by Crippen LogP contribution is 2.19. The Morgan fingerprint density at radius 1 is 1.35 bits per heavy atom. The Morgan fingerprint density at radius 2 is 1.94 bits per heavy atom. The summed E-state index contributed by atoms with van der Waals surface area (Å²) in [6.07, 6.45) is 3.03. The SMILES string of the molecule is CN1CCC(CCN=C([O-])OC(C)(C)C)CC1. The Balaban J connectivity index is 2.20. The van der Waals surface area contributed by atoms with Crippen molar-refractivity contribution in [2.45, 2.75) is 45.6 Å².